The fraction of sp³-hybridized carbons (Fsp3) is 0.174. The topological polar surface area (TPSA) is 119 Å². The molecular formula is C23H19ClN4O5. The van der Waals surface area contributed by atoms with Gasteiger partial charge in [-0.2, -0.15) is 0 Å². The molecule has 33 heavy (non-hydrogen) atoms. The summed E-state index contributed by atoms with van der Waals surface area (Å²) in [4.78, 5) is 41.8. The number of hydrogen-bond donors (Lipinski definition) is 1. The van der Waals surface area contributed by atoms with E-state index in [0.29, 0.717) is 29.1 Å². The molecule has 4 rings (SSSR count). The Morgan fingerprint density at radius 2 is 1.79 bits per heavy atom. The molecule has 3 aromatic rings. The van der Waals surface area contributed by atoms with Gasteiger partial charge in [-0.05, 0) is 48.4 Å². The van der Waals surface area contributed by atoms with Gasteiger partial charge in [0.1, 0.15) is 5.76 Å². The number of nitrogens with zero attached hydrogens (tertiary/aromatic N) is 4. The van der Waals surface area contributed by atoms with Crippen LogP contribution in [0.25, 0.3) is 5.76 Å². The number of aliphatic hydroxyl groups excluding tert-OH is 1. The van der Waals surface area contributed by atoms with E-state index in [9.17, 15) is 24.8 Å². The average Bonchev–Trinajstić information content (AvgIpc) is 3.41. The zero-order valence-electron chi connectivity index (χ0n) is 17.3. The maximum atomic E-state index is 13.0. The Balaban J connectivity index is 1.74. The van der Waals surface area contributed by atoms with Crippen molar-refractivity contribution in [3.05, 3.63) is 99.1 Å². The molecule has 168 valence electrons. The van der Waals surface area contributed by atoms with E-state index in [4.69, 9.17) is 11.6 Å². The van der Waals surface area contributed by atoms with E-state index in [0.717, 1.165) is 0 Å². The van der Waals surface area contributed by atoms with Gasteiger partial charge in [0.25, 0.3) is 17.4 Å². The van der Waals surface area contributed by atoms with Gasteiger partial charge in [-0.15, -0.1) is 0 Å². The smallest absolute Gasteiger partial charge is 0.295 e. The van der Waals surface area contributed by atoms with E-state index in [1.807, 2.05) is 4.57 Å². The van der Waals surface area contributed by atoms with Crippen LogP contribution in [0.1, 0.15) is 23.6 Å². The van der Waals surface area contributed by atoms with Crippen LogP contribution in [0.2, 0.25) is 5.02 Å². The van der Waals surface area contributed by atoms with Crippen molar-refractivity contribution in [2.24, 2.45) is 0 Å². The molecule has 1 aliphatic heterocycles. The first kappa shape index (κ1) is 22.2. The van der Waals surface area contributed by atoms with Gasteiger partial charge in [-0.25, -0.2) is 4.98 Å². The molecule has 0 spiro atoms. The standard InChI is InChI=1S/C23H19ClN4O5/c24-17-6-2-16(3-7-17)21(29)19-20(15-4-8-18(9-5-15)28(32)33)27(23(31)22(19)30)12-1-11-26-13-10-25-14-26/h2-10,13-14,20,29H,1,11-12H2/t20-/m1/s1. The number of imidazole rings is 1. The van der Waals surface area contributed by atoms with E-state index >= 15 is 0 Å². The van der Waals surface area contributed by atoms with Crippen molar-refractivity contribution in [2.75, 3.05) is 6.54 Å². The summed E-state index contributed by atoms with van der Waals surface area (Å²) in [5.74, 6) is -1.88. The summed E-state index contributed by atoms with van der Waals surface area (Å²) in [6, 6.07) is 11.0. The Kier molecular flexibility index (Phi) is 6.23. The number of Topliss-reactive ketones (excluding diaryl/α,β-unsaturated/α-hetero) is 1. The first-order valence-electron chi connectivity index (χ1n) is 10.1. The molecule has 1 amide bonds. The molecule has 2 aromatic carbocycles. The summed E-state index contributed by atoms with van der Waals surface area (Å²) in [7, 11) is 0. The SMILES string of the molecule is O=C1C(=O)N(CCCn2ccnc2)[C@H](c2ccc([N+](=O)[O-])cc2)C1=C(O)c1ccc(Cl)cc1. The number of non-ortho nitro benzene ring substituents is 1. The number of aliphatic hydroxyl groups is 1. The molecule has 1 aromatic heterocycles. The molecule has 1 atom stereocenters. The van der Waals surface area contributed by atoms with Gasteiger partial charge < -0.3 is 14.6 Å². The number of nitro groups is 1. The molecule has 1 saturated heterocycles. The second-order valence-electron chi connectivity index (χ2n) is 7.50. The lowest BCUT2D eigenvalue weighted by molar-refractivity contribution is -0.384. The highest BCUT2D eigenvalue weighted by molar-refractivity contribution is 6.46. The molecular weight excluding hydrogens is 448 g/mol. The molecule has 1 fully saturated rings. The number of hydrogen-bond acceptors (Lipinski definition) is 6. The number of amides is 1. The van der Waals surface area contributed by atoms with Crippen LogP contribution in [0.4, 0.5) is 5.69 Å². The van der Waals surface area contributed by atoms with Crippen molar-refractivity contribution in [3.8, 4) is 0 Å². The number of rotatable bonds is 7. The van der Waals surface area contributed by atoms with Gasteiger partial charge in [-0.3, -0.25) is 19.7 Å². The lowest BCUT2D eigenvalue weighted by Gasteiger charge is -2.25. The minimum Gasteiger partial charge on any atom is -0.507 e. The molecule has 0 saturated carbocycles. The monoisotopic (exact) mass is 466 g/mol. The lowest BCUT2D eigenvalue weighted by atomic mass is 9.95. The number of ketones is 1. The number of halogens is 1. The largest absolute Gasteiger partial charge is 0.507 e. The van der Waals surface area contributed by atoms with Crippen molar-refractivity contribution < 1.29 is 19.6 Å². The Bertz CT molecular complexity index is 1220. The molecule has 10 heteroatoms. The lowest BCUT2D eigenvalue weighted by Crippen LogP contribution is -2.31. The van der Waals surface area contributed by atoms with Gasteiger partial charge in [0.2, 0.25) is 0 Å². The van der Waals surface area contributed by atoms with E-state index in [1.165, 1.54) is 29.2 Å². The minimum absolute atomic E-state index is 0.0705. The van der Waals surface area contributed by atoms with Crippen molar-refractivity contribution in [3.63, 3.8) is 0 Å². The van der Waals surface area contributed by atoms with Crippen LogP contribution >= 0.6 is 11.6 Å². The van der Waals surface area contributed by atoms with Crippen LogP contribution < -0.4 is 0 Å². The fourth-order valence-electron chi connectivity index (χ4n) is 3.84. The molecule has 0 unspecified atom stereocenters. The second kappa shape index (κ2) is 9.25. The van der Waals surface area contributed by atoms with E-state index < -0.39 is 22.7 Å². The quantitative estimate of drug-likeness (QED) is 0.185. The van der Waals surface area contributed by atoms with Crippen LogP contribution in [0.15, 0.2) is 72.8 Å². The van der Waals surface area contributed by atoms with Gasteiger partial charge >= 0.3 is 0 Å². The predicted molar refractivity (Wildman–Crippen MR) is 120 cm³/mol. The molecule has 1 aliphatic rings. The van der Waals surface area contributed by atoms with Gasteiger partial charge in [0.05, 0.1) is 22.9 Å². The summed E-state index contributed by atoms with van der Waals surface area (Å²) < 4.78 is 1.85. The van der Waals surface area contributed by atoms with E-state index in [1.54, 1.807) is 43.0 Å². The number of carbonyl (C=O) groups excluding carboxylic acids is 2. The van der Waals surface area contributed by atoms with Crippen LogP contribution in [-0.2, 0) is 16.1 Å². The zero-order valence-corrected chi connectivity index (χ0v) is 18.1. The number of carbonyl (C=O) groups is 2. The summed E-state index contributed by atoms with van der Waals surface area (Å²) in [5, 5.41) is 22.5. The van der Waals surface area contributed by atoms with Gasteiger partial charge in [-0.1, -0.05) is 11.6 Å². The Hall–Kier alpha value is -3.98. The number of likely N-dealkylation sites (tertiary alicyclic amines) is 1. The molecule has 0 radical (unpaired) electrons. The highest BCUT2D eigenvalue weighted by atomic mass is 35.5. The molecule has 0 aliphatic carbocycles. The summed E-state index contributed by atoms with van der Waals surface area (Å²) in [6.07, 6.45) is 5.63. The third-order valence-corrected chi connectivity index (χ3v) is 5.70. The molecule has 2 heterocycles. The van der Waals surface area contributed by atoms with Crippen molar-refractivity contribution >= 4 is 34.7 Å². The summed E-state index contributed by atoms with van der Waals surface area (Å²) in [6.45, 7) is 0.814. The van der Waals surface area contributed by atoms with Crippen LogP contribution in [0.3, 0.4) is 0 Å². The van der Waals surface area contributed by atoms with Crippen LogP contribution in [0, 0.1) is 10.1 Å². The summed E-state index contributed by atoms with van der Waals surface area (Å²) in [5.41, 5.74) is 0.632. The van der Waals surface area contributed by atoms with E-state index in [-0.39, 0.29) is 23.6 Å². The van der Waals surface area contributed by atoms with Gasteiger partial charge in [0.15, 0.2) is 0 Å². The van der Waals surface area contributed by atoms with Crippen molar-refractivity contribution in [1.29, 1.82) is 0 Å². The first-order chi connectivity index (χ1) is 15.9. The third kappa shape index (κ3) is 4.49. The fourth-order valence-corrected chi connectivity index (χ4v) is 3.97. The second-order valence-corrected chi connectivity index (χ2v) is 7.94. The number of benzene rings is 2. The number of aryl methyl sites for hydroxylation is 1. The van der Waals surface area contributed by atoms with E-state index in [2.05, 4.69) is 4.98 Å². The Labute approximate surface area is 193 Å². The summed E-state index contributed by atoms with van der Waals surface area (Å²) >= 11 is 5.93. The van der Waals surface area contributed by atoms with Crippen molar-refractivity contribution in [1.82, 2.24) is 14.5 Å². The van der Waals surface area contributed by atoms with Crippen LogP contribution in [-0.4, -0.2) is 42.7 Å². The highest BCUT2D eigenvalue weighted by Crippen LogP contribution is 2.40. The number of nitro benzene ring substituents is 1. The third-order valence-electron chi connectivity index (χ3n) is 5.45. The zero-order chi connectivity index (χ0) is 23.5. The Morgan fingerprint density at radius 3 is 2.39 bits per heavy atom. The first-order valence-corrected chi connectivity index (χ1v) is 10.5. The van der Waals surface area contributed by atoms with Crippen molar-refractivity contribution in [2.45, 2.75) is 19.0 Å². The maximum Gasteiger partial charge on any atom is 0.295 e. The Morgan fingerprint density at radius 1 is 1.09 bits per heavy atom. The average molecular weight is 467 g/mol. The normalized spacial score (nSPS) is 17.5. The highest BCUT2D eigenvalue weighted by Gasteiger charge is 2.45. The number of aromatic nitrogens is 2. The van der Waals surface area contributed by atoms with Crippen LogP contribution in [0.5, 0.6) is 0 Å². The molecule has 9 nitrogen and oxygen atoms in total. The maximum absolute atomic E-state index is 13.0. The van der Waals surface area contributed by atoms with Gasteiger partial charge in [0, 0.05) is 48.2 Å². The minimum atomic E-state index is -0.885. The molecule has 1 N–H and O–H groups in total. The predicted octanol–water partition coefficient (Wildman–Crippen LogP) is 3.96. The molecule has 0 bridgehead atoms.